The van der Waals surface area contributed by atoms with Gasteiger partial charge < -0.3 is 19.5 Å². The molecule has 0 radical (unpaired) electrons. The van der Waals surface area contributed by atoms with Crippen molar-refractivity contribution in [2.45, 2.75) is 13.2 Å². The van der Waals surface area contributed by atoms with Crippen LogP contribution in [-0.4, -0.2) is 19.8 Å². The van der Waals surface area contributed by atoms with E-state index in [0.717, 1.165) is 11.1 Å². The fraction of sp³-hybridized carbons (Fsp3) is 0.235. The Kier molecular flexibility index (Phi) is 4.25. The highest BCUT2D eigenvalue weighted by Crippen LogP contribution is 2.32. The summed E-state index contributed by atoms with van der Waals surface area (Å²) < 4.78 is 15.7. The maximum Gasteiger partial charge on any atom is 0.251 e. The van der Waals surface area contributed by atoms with Gasteiger partial charge in [0.05, 0.1) is 6.61 Å². The van der Waals surface area contributed by atoms with Gasteiger partial charge in [-0.1, -0.05) is 24.3 Å². The molecule has 0 atom stereocenters. The van der Waals surface area contributed by atoms with Crippen molar-refractivity contribution in [3.8, 4) is 11.5 Å². The molecule has 2 aromatic carbocycles. The summed E-state index contributed by atoms with van der Waals surface area (Å²) in [5.74, 6) is 1.12. The van der Waals surface area contributed by atoms with E-state index in [9.17, 15) is 4.79 Å². The predicted molar refractivity (Wildman–Crippen MR) is 80.9 cm³/mol. The lowest BCUT2D eigenvalue weighted by Gasteiger charge is -2.10. The Morgan fingerprint density at radius 3 is 2.73 bits per heavy atom. The summed E-state index contributed by atoms with van der Waals surface area (Å²) in [6, 6.07) is 13.0. The zero-order valence-electron chi connectivity index (χ0n) is 12.3. The van der Waals surface area contributed by atoms with Crippen LogP contribution < -0.4 is 14.8 Å². The van der Waals surface area contributed by atoms with E-state index in [1.165, 1.54) is 0 Å². The lowest BCUT2D eigenvalue weighted by atomic mass is 10.1. The quantitative estimate of drug-likeness (QED) is 0.921. The summed E-state index contributed by atoms with van der Waals surface area (Å²) in [6.07, 6.45) is 0. The van der Waals surface area contributed by atoms with E-state index in [2.05, 4.69) is 5.32 Å². The minimum Gasteiger partial charge on any atom is -0.454 e. The van der Waals surface area contributed by atoms with E-state index < -0.39 is 0 Å². The van der Waals surface area contributed by atoms with Crippen LogP contribution in [-0.2, 0) is 17.9 Å². The zero-order chi connectivity index (χ0) is 15.4. The summed E-state index contributed by atoms with van der Waals surface area (Å²) in [6.45, 7) is 1.17. The Balaban J connectivity index is 1.68. The van der Waals surface area contributed by atoms with Crippen molar-refractivity contribution in [2.75, 3.05) is 13.9 Å². The number of carbonyl (C=O) groups excluding carboxylic acids is 1. The van der Waals surface area contributed by atoms with Gasteiger partial charge in [0.15, 0.2) is 11.5 Å². The number of amides is 1. The third-order valence-corrected chi connectivity index (χ3v) is 3.49. The number of hydrogen-bond acceptors (Lipinski definition) is 4. The molecule has 0 unspecified atom stereocenters. The van der Waals surface area contributed by atoms with Gasteiger partial charge in [-0.05, 0) is 29.3 Å². The van der Waals surface area contributed by atoms with E-state index in [1.807, 2.05) is 24.3 Å². The summed E-state index contributed by atoms with van der Waals surface area (Å²) in [5, 5.41) is 2.91. The average molecular weight is 299 g/mol. The molecule has 1 aliphatic rings. The molecule has 5 nitrogen and oxygen atoms in total. The standard InChI is InChI=1S/C17H17NO4/c1-20-10-14-5-3-2-4-13(14)9-18-17(19)12-6-7-15-16(8-12)22-11-21-15/h2-8H,9-11H2,1H3,(H,18,19). The monoisotopic (exact) mass is 299 g/mol. The molecule has 2 aromatic rings. The second kappa shape index (κ2) is 6.49. The second-order valence-electron chi connectivity index (χ2n) is 4.95. The Hall–Kier alpha value is -2.53. The highest BCUT2D eigenvalue weighted by molar-refractivity contribution is 5.94. The van der Waals surface area contributed by atoms with Crippen molar-refractivity contribution in [1.29, 1.82) is 0 Å². The fourth-order valence-corrected chi connectivity index (χ4v) is 2.34. The predicted octanol–water partition coefficient (Wildman–Crippen LogP) is 2.49. The number of carbonyl (C=O) groups is 1. The second-order valence-corrected chi connectivity index (χ2v) is 4.95. The first kappa shape index (κ1) is 14.4. The minimum absolute atomic E-state index is 0.148. The number of benzene rings is 2. The highest BCUT2D eigenvalue weighted by atomic mass is 16.7. The van der Waals surface area contributed by atoms with E-state index >= 15 is 0 Å². The minimum atomic E-state index is -0.148. The Bertz CT molecular complexity index is 684. The zero-order valence-corrected chi connectivity index (χ0v) is 12.3. The van der Waals surface area contributed by atoms with Gasteiger partial charge in [-0.2, -0.15) is 0 Å². The third kappa shape index (κ3) is 3.04. The van der Waals surface area contributed by atoms with Crippen molar-refractivity contribution >= 4 is 5.91 Å². The van der Waals surface area contributed by atoms with Crippen LogP contribution in [0.25, 0.3) is 0 Å². The summed E-state index contributed by atoms with van der Waals surface area (Å²) in [4.78, 5) is 12.2. The molecule has 0 saturated heterocycles. The molecule has 1 N–H and O–H groups in total. The molecule has 1 aliphatic heterocycles. The molecule has 22 heavy (non-hydrogen) atoms. The molecule has 0 saturated carbocycles. The smallest absolute Gasteiger partial charge is 0.251 e. The van der Waals surface area contributed by atoms with E-state index in [-0.39, 0.29) is 12.7 Å². The summed E-state index contributed by atoms with van der Waals surface area (Å²) in [5.41, 5.74) is 2.66. The molecular weight excluding hydrogens is 282 g/mol. The molecule has 0 bridgehead atoms. The molecule has 0 aliphatic carbocycles. The van der Waals surface area contributed by atoms with Crippen LogP contribution in [0.5, 0.6) is 11.5 Å². The summed E-state index contributed by atoms with van der Waals surface area (Å²) in [7, 11) is 1.65. The number of hydrogen-bond donors (Lipinski definition) is 1. The molecular formula is C17H17NO4. The van der Waals surface area contributed by atoms with E-state index in [0.29, 0.717) is 30.2 Å². The SMILES string of the molecule is COCc1ccccc1CNC(=O)c1ccc2c(c1)OCO2. The van der Waals surface area contributed by atoms with Crippen LogP contribution in [0, 0.1) is 0 Å². The van der Waals surface area contributed by atoms with Crippen LogP contribution in [0.3, 0.4) is 0 Å². The van der Waals surface area contributed by atoms with Crippen LogP contribution in [0.2, 0.25) is 0 Å². The molecule has 3 rings (SSSR count). The molecule has 0 fully saturated rings. The van der Waals surface area contributed by atoms with Crippen molar-refractivity contribution in [3.63, 3.8) is 0 Å². The maximum atomic E-state index is 12.2. The number of rotatable bonds is 5. The Morgan fingerprint density at radius 1 is 1.14 bits per heavy atom. The molecule has 114 valence electrons. The molecule has 1 heterocycles. The van der Waals surface area contributed by atoms with Crippen LogP contribution >= 0.6 is 0 Å². The van der Waals surface area contributed by atoms with Gasteiger partial charge >= 0.3 is 0 Å². The highest BCUT2D eigenvalue weighted by Gasteiger charge is 2.16. The van der Waals surface area contributed by atoms with Crippen molar-refractivity contribution in [3.05, 3.63) is 59.2 Å². The first-order valence-corrected chi connectivity index (χ1v) is 7.01. The molecule has 1 amide bonds. The number of methoxy groups -OCH3 is 1. The lowest BCUT2D eigenvalue weighted by molar-refractivity contribution is 0.0950. The fourth-order valence-electron chi connectivity index (χ4n) is 2.34. The Labute approximate surface area is 128 Å². The average Bonchev–Trinajstić information content (AvgIpc) is 3.01. The number of fused-ring (bicyclic) bond motifs is 1. The Morgan fingerprint density at radius 2 is 1.91 bits per heavy atom. The lowest BCUT2D eigenvalue weighted by Crippen LogP contribution is -2.23. The van der Waals surface area contributed by atoms with Gasteiger partial charge in [0.25, 0.3) is 5.91 Å². The van der Waals surface area contributed by atoms with Gasteiger partial charge in [-0.25, -0.2) is 0 Å². The summed E-state index contributed by atoms with van der Waals surface area (Å²) >= 11 is 0. The van der Waals surface area contributed by atoms with Crippen LogP contribution in [0.15, 0.2) is 42.5 Å². The largest absolute Gasteiger partial charge is 0.454 e. The van der Waals surface area contributed by atoms with Gasteiger partial charge in [0.2, 0.25) is 6.79 Å². The van der Waals surface area contributed by atoms with Crippen molar-refractivity contribution in [2.24, 2.45) is 0 Å². The maximum absolute atomic E-state index is 12.2. The van der Waals surface area contributed by atoms with Gasteiger partial charge in [-0.15, -0.1) is 0 Å². The number of ether oxygens (including phenoxy) is 3. The normalized spacial score (nSPS) is 12.2. The number of nitrogens with one attached hydrogen (secondary N) is 1. The molecule has 5 heteroatoms. The van der Waals surface area contributed by atoms with Gasteiger partial charge in [0.1, 0.15) is 0 Å². The van der Waals surface area contributed by atoms with Crippen molar-refractivity contribution < 1.29 is 19.0 Å². The topological polar surface area (TPSA) is 56.8 Å². The van der Waals surface area contributed by atoms with Gasteiger partial charge in [0, 0.05) is 19.2 Å². The third-order valence-electron chi connectivity index (χ3n) is 3.49. The van der Waals surface area contributed by atoms with Gasteiger partial charge in [-0.3, -0.25) is 4.79 Å². The first-order valence-electron chi connectivity index (χ1n) is 7.01. The van der Waals surface area contributed by atoms with Crippen molar-refractivity contribution in [1.82, 2.24) is 5.32 Å². The van der Waals surface area contributed by atoms with E-state index in [1.54, 1.807) is 25.3 Å². The van der Waals surface area contributed by atoms with E-state index in [4.69, 9.17) is 14.2 Å². The molecule has 0 aromatic heterocycles. The first-order chi connectivity index (χ1) is 10.8. The van der Waals surface area contributed by atoms with Crippen LogP contribution in [0.4, 0.5) is 0 Å². The molecule has 0 spiro atoms. The van der Waals surface area contributed by atoms with Crippen LogP contribution in [0.1, 0.15) is 21.5 Å².